The van der Waals surface area contributed by atoms with Gasteiger partial charge in [0.1, 0.15) is 6.04 Å². The van der Waals surface area contributed by atoms with Crippen LogP contribution in [-0.4, -0.2) is 64.4 Å². The summed E-state index contributed by atoms with van der Waals surface area (Å²) in [6, 6.07) is 16.5. The zero-order chi connectivity index (χ0) is 34.5. The Morgan fingerprint density at radius 2 is 1.35 bits per heavy atom. The third-order valence-electron chi connectivity index (χ3n) is 9.39. The molecule has 260 valence electrons. The first kappa shape index (κ1) is 36.9. The van der Waals surface area contributed by atoms with Crippen LogP contribution in [0.15, 0.2) is 76.5 Å². The highest BCUT2D eigenvalue weighted by Crippen LogP contribution is 2.34. The number of hydrogen-bond donors (Lipinski definition) is 2. The predicted octanol–water partition coefficient (Wildman–Crippen LogP) is 7.11. The molecule has 2 heterocycles. The molecule has 0 saturated carbocycles. The van der Waals surface area contributed by atoms with Crippen molar-refractivity contribution in [3.8, 4) is 0 Å². The van der Waals surface area contributed by atoms with Crippen molar-refractivity contribution in [2.24, 2.45) is 11.8 Å². The van der Waals surface area contributed by atoms with E-state index in [0.29, 0.717) is 40.5 Å². The van der Waals surface area contributed by atoms with Crippen molar-refractivity contribution < 1.29 is 26.7 Å². The van der Waals surface area contributed by atoms with Crippen molar-refractivity contribution in [3.05, 3.63) is 87.4 Å². The molecule has 2 fully saturated rings. The Morgan fingerprint density at radius 1 is 0.771 bits per heavy atom. The molecule has 0 spiro atoms. The van der Waals surface area contributed by atoms with Crippen LogP contribution in [0.5, 0.6) is 0 Å². The zero-order valence-corrected chi connectivity index (χ0v) is 30.3. The van der Waals surface area contributed by atoms with Crippen LogP contribution >= 0.6 is 34.8 Å². The molecule has 9 nitrogen and oxygen atoms in total. The number of halogens is 3. The zero-order valence-electron chi connectivity index (χ0n) is 26.4. The number of carboxylic acids is 1. The van der Waals surface area contributed by atoms with Crippen LogP contribution in [0.2, 0.25) is 15.1 Å². The monoisotopic (exact) mass is 755 g/mol. The third kappa shape index (κ3) is 9.24. The van der Waals surface area contributed by atoms with E-state index in [0.717, 1.165) is 63.7 Å². The first-order chi connectivity index (χ1) is 22.8. The summed E-state index contributed by atoms with van der Waals surface area (Å²) < 4.78 is 56.2. The number of hydrogen-bond acceptors (Lipinski definition) is 6. The Labute approximate surface area is 298 Å². The lowest BCUT2D eigenvalue weighted by molar-refractivity contribution is -0.138. The Hall–Kier alpha value is -2.38. The maximum Gasteiger partial charge on any atom is 0.322 e. The molecule has 2 aliphatic rings. The molecule has 0 amide bonds. The van der Waals surface area contributed by atoms with Crippen LogP contribution in [-0.2, 0) is 31.3 Å². The van der Waals surface area contributed by atoms with Crippen LogP contribution in [0.3, 0.4) is 0 Å². The summed E-state index contributed by atoms with van der Waals surface area (Å²) in [4.78, 5) is 14.1. The third-order valence-corrected chi connectivity index (χ3v) is 13.8. The van der Waals surface area contributed by atoms with Gasteiger partial charge in [0.05, 0.1) is 30.5 Å². The fourth-order valence-corrected chi connectivity index (χ4v) is 10.0. The van der Waals surface area contributed by atoms with Gasteiger partial charge in [-0.1, -0.05) is 84.4 Å². The number of nitrogens with one attached hydrogen (secondary N) is 1. The molecule has 3 aromatic rings. The standard InChI is InChI=1S/C34H40Cl3N3O6S2/c35-29-11-9-28(23-30(29)36)48(45,46)40-19-15-25(16-20-40)8-4-7-24-13-17-39(18-14-24)33-12-10-27(22-31(33)37)47(43,44)38-32(34(41)42)21-26-5-2-1-3-6-26/h1-3,5-6,9-12,22-25,32,38H,4,7-8,13-21H2,(H,41,42). The smallest absolute Gasteiger partial charge is 0.322 e. The van der Waals surface area contributed by atoms with Crippen molar-refractivity contribution in [1.82, 2.24) is 9.03 Å². The number of rotatable bonds is 13. The normalized spacial score (nSPS) is 17.8. The van der Waals surface area contributed by atoms with Crippen molar-refractivity contribution in [1.29, 1.82) is 0 Å². The number of carbonyl (C=O) groups is 1. The molecular weight excluding hydrogens is 717 g/mol. The molecule has 0 bridgehead atoms. The van der Waals surface area contributed by atoms with Gasteiger partial charge < -0.3 is 10.0 Å². The molecule has 0 radical (unpaired) electrons. The van der Waals surface area contributed by atoms with Crippen molar-refractivity contribution in [2.75, 3.05) is 31.1 Å². The van der Waals surface area contributed by atoms with E-state index in [1.807, 2.05) is 6.07 Å². The van der Waals surface area contributed by atoms with Gasteiger partial charge in [-0.25, -0.2) is 16.8 Å². The Bertz CT molecular complexity index is 1800. The lowest BCUT2D eigenvalue weighted by atomic mass is 9.87. The van der Waals surface area contributed by atoms with Gasteiger partial charge >= 0.3 is 5.97 Å². The van der Waals surface area contributed by atoms with E-state index < -0.39 is 32.1 Å². The Morgan fingerprint density at radius 3 is 1.94 bits per heavy atom. The van der Waals surface area contributed by atoms with Crippen LogP contribution in [0.25, 0.3) is 0 Å². The summed E-state index contributed by atoms with van der Waals surface area (Å²) >= 11 is 18.6. The van der Waals surface area contributed by atoms with Gasteiger partial charge in [0.15, 0.2) is 0 Å². The summed E-state index contributed by atoms with van der Waals surface area (Å²) in [6.07, 6.45) is 6.96. The maximum atomic E-state index is 13.1. The summed E-state index contributed by atoms with van der Waals surface area (Å²) in [5.41, 5.74) is 1.47. The fourth-order valence-electron chi connectivity index (χ4n) is 6.58. The number of sulfonamides is 2. The summed E-state index contributed by atoms with van der Waals surface area (Å²) in [5.74, 6) is -0.181. The average molecular weight is 757 g/mol. The number of piperidine rings is 2. The van der Waals surface area contributed by atoms with Crippen LogP contribution in [0.1, 0.15) is 50.5 Å². The number of carboxylic acid groups (broad SMARTS) is 1. The summed E-state index contributed by atoms with van der Waals surface area (Å²) in [5, 5.41) is 10.5. The molecule has 14 heteroatoms. The second-order valence-corrected chi connectivity index (χ2v) is 17.5. The minimum absolute atomic E-state index is 0.0148. The van der Waals surface area contributed by atoms with E-state index in [1.54, 1.807) is 34.6 Å². The van der Waals surface area contributed by atoms with E-state index in [9.17, 15) is 26.7 Å². The first-order valence-corrected chi connectivity index (χ1v) is 20.2. The number of nitrogens with zero attached hydrogens (tertiary/aromatic N) is 2. The lowest BCUT2D eigenvalue weighted by Gasteiger charge is -2.35. The fraction of sp³-hybridized carbons (Fsp3) is 0.441. The van der Waals surface area contributed by atoms with Crippen LogP contribution in [0, 0.1) is 11.8 Å². The molecule has 1 atom stereocenters. The largest absolute Gasteiger partial charge is 0.480 e. The highest BCUT2D eigenvalue weighted by Gasteiger charge is 2.31. The highest BCUT2D eigenvalue weighted by molar-refractivity contribution is 7.89. The van der Waals surface area contributed by atoms with E-state index >= 15 is 0 Å². The molecular formula is C34H40Cl3N3O6S2. The van der Waals surface area contributed by atoms with E-state index in [2.05, 4.69) is 9.62 Å². The summed E-state index contributed by atoms with van der Waals surface area (Å²) in [6.45, 7) is 2.60. The van der Waals surface area contributed by atoms with E-state index in [4.69, 9.17) is 34.8 Å². The minimum atomic E-state index is -4.12. The van der Waals surface area contributed by atoms with Gasteiger partial charge in [0, 0.05) is 26.2 Å². The predicted molar refractivity (Wildman–Crippen MR) is 190 cm³/mol. The van der Waals surface area contributed by atoms with E-state index in [-0.39, 0.29) is 21.2 Å². The molecule has 0 aromatic heterocycles. The molecule has 48 heavy (non-hydrogen) atoms. The molecule has 2 saturated heterocycles. The molecule has 1 unspecified atom stereocenters. The number of benzene rings is 3. The van der Waals surface area contributed by atoms with Gasteiger partial charge in [-0.2, -0.15) is 9.03 Å². The topological polar surface area (TPSA) is 124 Å². The minimum Gasteiger partial charge on any atom is -0.480 e. The second-order valence-electron chi connectivity index (χ2n) is 12.6. The van der Waals surface area contributed by atoms with E-state index in [1.165, 1.54) is 30.3 Å². The van der Waals surface area contributed by atoms with Gasteiger partial charge in [0.25, 0.3) is 0 Å². The second kappa shape index (κ2) is 16.1. The summed E-state index contributed by atoms with van der Waals surface area (Å²) in [7, 11) is -7.73. The molecule has 5 rings (SSSR count). The lowest BCUT2D eigenvalue weighted by Crippen LogP contribution is -2.42. The van der Waals surface area contributed by atoms with Crippen molar-refractivity contribution >= 4 is 66.5 Å². The first-order valence-electron chi connectivity index (χ1n) is 16.1. The SMILES string of the molecule is O=C(O)C(Cc1ccccc1)NS(=O)(=O)c1ccc(N2CCC(CCCC3CCN(S(=O)(=O)c4ccc(Cl)c(Cl)c4)CC3)CC2)c(Cl)c1. The van der Waals surface area contributed by atoms with Crippen molar-refractivity contribution in [3.63, 3.8) is 0 Å². The van der Waals surface area contributed by atoms with Gasteiger partial charge in [0.2, 0.25) is 20.0 Å². The van der Waals surface area contributed by atoms with Crippen molar-refractivity contribution in [2.45, 2.75) is 67.2 Å². The van der Waals surface area contributed by atoms with Crippen LogP contribution < -0.4 is 9.62 Å². The molecule has 3 aromatic carbocycles. The Kier molecular flexibility index (Phi) is 12.4. The van der Waals surface area contributed by atoms with Crippen LogP contribution in [0.4, 0.5) is 5.69 Å². The van der Waals surface area contributed by atoms with Gasteiger partial charge in [-0.15, -0.1) is 0 Å². The quantitative estimate of drug-likeness (QED) is 0.191. The molecule has 0 aliphatic carbocycles. The molecule has 2 N–H and O–H groups in total. The van der Waals surface area contributed by atoms with Gasteiger partial charge in [-0.3, -0.25) is 4.79 Å². The number of aliphatic carboxylic acids is 1. The maximum absolute atomic E-state index is 13.1. The Balaban J connectivity index is 1.06. The van der Waals surface area contributed by atoms with Gasteiger partial charge in [-0.05, 0) is 85.9 Å². The highest BCUT2D eigenvalue weighted by atomic mass is 35.5. The average Bonchev–Trinajstić information content (AvgIpc) is 3.06. The number of anilines is 1. The molecule has 2 aliphatic heterocycles.